The van der Waals surface area contributed by atoms with Crippen molar-refractivity contribution in [1.82, 2.24) is 10.2 Å². The van der Waals surface area contributed by atoms with Crippen molar-refractivity contribution < 1.29 is 31.7 Å². The molecule has 2 unspecified atom stereocenters. The number of hydrogen-bond acceptors (Lipinski definition) is 5. The Morgan fingerprint density at radius 3 is 2.68 bits per heavy atom. The molecular formula is C18H18F4N2O4. The Morgan fingerprint density at radius 2 is 2.07 bits per heavy atom. The molecule has 0 radical (unpaired) electrons. The van der Waals surface area contributed by atoms with E-state index in [0.29, 0.717) is 31.2 Å². The largest absolute Gasteiger partial charge is 0.416 e. The average molecular weight is 402 g/mol. The maximum absolute atomic E-state index is 13.7. The van der Waals surface area contributed by atoms with E-state index >= 15 is 0 Å². The van der Waals surface area contributed by atoms with E-state index in [1.165, 1.54) is 18.1 Å². The average Bonchev–Trinajstić information content (AvgIpc) is 3.01. The summed E-state index contributed by atoms with van der Waals surface area (Å²) in [6, 6.07) is 3.15. The van der Waals surface area contributed by atoms with Gasteiger partial charge in [-0.1, -0.05) is 0 Å². The van der Waals surface area contributed by atoms with Crippen molar-refractivity contribution in [2.45, 2.75) is 44.3 Å². The number of aromatic nitrogens is 1. The van der Waals surface area contributed by atoms with Crippen LogP contribution in [0.1, 0.15) is 42.6 Å². The van der Waals surface area contributed by atoms with Crippen LogP contribution in [-0.2, 0) is 22.2 Å². The quantitative estimate of drug-likeness (QED) is 0.794. The number of alkyl halides is 3. The molecule has 10 heteroatoms. The maximum Gasteiger partial charge on any atom is 0.416 e. The fourth-order valence-corrected chi connectivity index (χ4v) is 3.46. The lowest BCUT2D eigenvalue weighted by atomic mass is 9.87. The van der Waals surface area contributed by atoms with Gasteiger partial charge in [0.25, 0.3) is 5.56 Å². The smallest absolute Gasteiger partial charge is 0.383 e. The van der Waals surface area contributed by atoms with Gasteiger partial charge in [-0.15, -0.1) is 5.06 Å². The summed E-state index contributed by atoms with van der Waals surface area (Å²) >= 11 is 0. The minimum Gasteiger partial charge on any atom is -0.383 e. The Balaban J connectivity index is 1.85. The summed E-state index contributed by atoms with van der Waals surface area (Å²) in [4.78, 5) is 27.8. The number of rotatable bonds is 4. The molecule has 1 saturated heterocycles. The van der Waals surface area contributed by atoms with Crippen LogP contribution in [-0.4, -0.2) is 28.8 Å². The Hall–Kier alpha value is -2.62. The van der Waals surface area contributed by atoms with E-state index in [1.54, 1.807) is 0 Å². The van der Waals surface area contributed by atoms with E-state index in [-0.39, 0.29) is 17.9 Å². The highest BCUT2D eigenvalue weighted by molar-refractivity contribution is 5.65. The number of H-pyrrole nitrogens is 1. The third-order valence-corrected chi connectivity index (χ3v) is 4.61. The molecule has 1 aliphatic rings. The van der Waals surface area contributed by atoms with Crippen molar-refractivity contribution in [2.75, 3.05) is 6.54 Å². The number of nitrogens with one attached hydrogen (secondary N) is 1. The van der Waals surface area contributed by atoms with E-state index in [2.05, 4.69) is 5.16 Å². The molecule has 6 nitrogen and oxygen atoms in total. The number of hydrogen-bond donors (Lipinski definition) is 1. The van der Waals surface area contributed by atoms with Crippen molar-refractivity contribution in [1.29, 1.82) is 0 Å². The Bertz CT molecular complexity index is 905. The van der Waals surface area contributed by atoms with Gasteiger partial charge in [-0.05, 0) is 43.0 Å². The highest BCUT2D eigenvalue weighted by atomic mass is 19.4. The molecule has 0 bridgehead atoms. The predicted molar refractivity (Wildman–Crippen MR) is 88.7 cm³/mol. The summed E-state index contributed by atoms with van der Waals surface area (Å²) < 4.78 is 57.7. The Labute approximate surface area is 157 Å². The molecule has 0 spiro atoms. The van der Waals surface area contributed by atoms with Crippen LogP contribution >= 0.6 is 0 Å². The predicted octanol–water partition coefficient (Wildman–Crippen LogP) is 3.39. The maximum atomic E-state index is 13.7. The minimum absolute atomic E-state index is 0.0271. The molecule has 1 aliphatic heterocycles. The number of benzene rings is 1. The number of nitrogens with zero attached hydrogens (tertiary/aromatic N) is 1. The van der Waals surface area contributed by atoms with E-state index in [4.69, 9.17) is 9.36 Å². The van der Waals surface area contributed by atoms with Gasteiger partial charge < -0.3 is 9.36 Å². The SMILES string of the molecule is CC(=O)ON1CCC(c2cc(=O)[nH]o2)CC1Cc1cc(F)cc(C(F)(F)F)c1. The summed E-state index contributed by atoms with van der Waals surface area (Å²) in [7, 11) is 0. The molecule has 1 aromatic heterocycles. The molecule has 152 valence electrons. The number of carbonyl (C=O) groups is 1. The van der Waals surface area contributed by atoms with Crippen LogP contribution in [0.4, 0.5) is 17.6 Å². The minimum atomic E-state index is -4.67. The first-order valence-electron chi connectivity index (χ1n) is 8.62. The molecule has 1 aromatic carbocycles. The summed E-state index contributed by atoms with van der Waals surface area (Å²) in [5, 5.41) is 3.59. The van der Waals surface area contributed by atoms with Crippen LogP contribution in [0, 0.1) is 5.82 Å². The van der Waals surface area contributed by atoms with E-state index in [1.807, 2.05) is 0 Å². The van der Waals surface area contributed by atoms with Crippen LogP contribution < -0.4 is 5.56 Å². The lowest BCUT2D eigenvalue weighted by Gasteiger charge is -2.37. The van der Waals surface area contributed by atoms with Gasteiger partial charge in [-0.3, -0.25) is 9.59 Å². The molecule has 0 saturated carbocycles. The van der Waals surface area contributed by atoms with Crippen molar-refractivity contribution >= 4 is 5.97 Å². The Kier molecular flexibility index (Phi) is 5.59. The first-order valence-corrected chi connectivity index (χ1v) is 8.62. The van der Waals surface area contributed by atoms with Gasteiger partial charge in [0.2, 0.25) is 0 Å². The summed E-state index contributed by atoms with van der Waals surface area (Å²) in [6.07, 6.45) is -3.78. The summed E-state index contributed by atoms with van der Waals surface area (Å²) in [5.41, 5.74) is -1.34. The van der Waals surface area contributed by atoms with E-state index in [0.717, 1.165) is 12.1 Å². The van der Waals surface area contributed by atoms with Gasteiger partial charge in [0.15, 0.2) is 0 Å². The van der Waals surface area contributed by atoms with Gasteiger partial charge in [0.1, 0.15) is 11.6 Å². The van der Waals surface area contributed by atoms with Gasteiger partial charge in [0, 0.05) is 25.5 Å². The van der Waals surface area contributed by atoms with Crippen LogP contribution in [0.25, 0.3) is 0 Å². The Morgan fingerprint density at radius 1 is 1.32 bits per heavy atom. The first kappa shape index (κ1) is 20.1. The second-order valence-electron chi connectivity index (χ2n) is 6.76. The zero-order valence-corrected chi connectivity index (χ0v) is 14.9. The summed E-state index contributed by atoms with van der Waals surface area (Å²) in [5.74, 6) is -1.32. The standard InChI is InChI=1S/C18H18F4N2O4/c1-10(25)28-24-3-2-12(16-9-17(26)23-27-16)7-15(24)6-11-4-13(18(20,21)22)8-14(19)5-11/h4-5,8-9,12,15H,2-3,6-7H2,1H3,(H,23,26). The first-order chi connectivity index (χ1) is 13.1. The van der Waals surface area contributed by atoms with Crippen molar-refractivity contribution in [3.63, 3.8) is 0 Å². The molecule has 28 heavy (non-hydrogen) atoms. The fraction of sp³-hybridized carbons (Fsp3) is 0.444. The molecule has 2 aromatic rings. The zero-order chi connectivity index (χ0) is 20.5. The zero-order valence-electron chi connectivity index (χ0n) is 14.9. The molecule has 2 heterocycles. The molecule has 1 fully saturated rings. The second-order valence-corrected chi connectivity index (χ2v) is 6.76. The topological polar surface area (TPSA) is 75.5 Å². The van der Waals surface area contributed by atoms with Crippen LogP contribution in [0.2, 0.25) is 0 Å². The molecule has 0 amide bonds. The van der Waals surface area contributed by atoms with Crippen LogP contribution in [0.3, 0.4) is 0 Å². The second kappa shape index (κ2) is 7.78. The number of hydroxylamine groups is 2. The third kappa shape index (κ3) is 4.80. The van der Waals surface area contributed by atoms with E-state index < -0.39 is 35.1 Å². The van der Waals surface area contributed by atoms with Crippen molar-refractivity contribution in [3.8, 4) is 0 Å². The highest BCUT2D eigenvalue weighted by Crippen LogP contribution is 2.34. The van der Waals surface area contributed by atoms with E-state index in [9.17, 15) is 27.2 Å². The van der Waals surface area contributed by atoms with Gasteiger partial charge in [-0.2, -0.15) is 18.3 Å². The third-order valence-electron chi connectivity index (χ3n) is 4.61. The molecule has 1 N–H and O–H groups in total. The molecule has 0 aliphatic carbocycles. The number of carbonyl (C=O) groups excluding carboxylic acids is 1. The number of aromatic amines is 1. The lowest BCUT2D eigenvalue weighted by Crippen LogP contribution is -2.44. The monoisotopic (exact) mass is 402 g/mol. The van der Waals surface area contributed by atoms with Gasteiger partial charge >= 0.3 is 12.1 Å². The van der Waals surface area contributed by atoms with Crippen LogP contribution in [0.5, 0.6) is 0 Å². The van der Waals surface area contributed by atoms with Crippen molar-refractivity contribution in [2.24, 2.45) is 0 Å². The molecular weight excluding hydrogens is 384 g/mol. The normalized spacial score (nSPS) is 20.9. The number of piperidine rings is 1. The highest BCUT2D eigenvalue weighted by Gasteiger charge is 2.35. The summed E-state index contributed by atoms with van der Waals surface area (Å²) in [6.45, 7) is 1.52. The molecule has 2 atom stereocenters. The van der Waals surface area contributed by atoms with Crippen LogP contribution in [0.15, 0.2) is 33.6 Å². The van der Waals surface area contributed by atoms with Gasteiger partial charge in [-0.25, -0.2) is 4.39 Å². The van der Waals surface area contributed by atoms with Crippen molar-refractivity contribution in [3.05, 3.63) is 57.3 Å². The lowest BCUT2D eigenvalue weighted by molar-refractivity contribution is -0.207. The van der Waals surface area contributed by atoms with Gasteiger partial charge in [0.05, 0.1) is 11.6 Å². The molecule has 3 rings (SSSR count). The fourth-order valence-electron chi connectivity index (χ4n) is 3.46. The number of halogens is 4.